The second-order valence-electron chi connectivity index (χ2n) is 9.15. The molecule has 0 saturated heterocycles. The minimum absolute atomic E-state index is 0.0397. The maximum atomic E-state index is 12.9. The van der Waals surface area contributed by atoms with Crippen LogP contribution in [0.15, 0.2) is 35.6 Å². The van der Waals surface area contributed by atoms with Gasteiger partial charge in [-0.15, -0.1) is 0 Å². The molecule has 0 radical (unpaired) electrons. The van der Waals surface area contributed by atoms with E-state index in [9.17, 15) is 9.59 Å². The fourth-order valence-electron chi connectivity index (χ4n) is 4.50. The fraction of sp³-hybridized carbons (Fsp3) is 0.458. The smallest absolute Gasteiger partial charge is 0.275 e. The molecule has 2 aromatic heterocycles. The summed E-state index contributed by atoms with van der Waals surface area (Å²) in [6, 6.07) is 6.87. The van der Waals surface area contributed by atoms with Crippen molar-refractivity contribution in [2.24, 2.45) is 22.7 Å². The summed E-state index contributed by atoms with van der Waals surface area (Å²) in [7, 11) is 0. The molecule has 1 saturated carbocycles. The second kappa shape index (κ2) is 10.2. The standard InChI is InChI=1S/C24H32N8O2/c1-15(2)32(26)22(30-25)19-8-5-9-21(28-19)29-23(33)20-12-18-14-31(11-10-17(18)13-27-20)24(34)16-6-3-4-7-16/h5,8-9,12-13,15-16H,3-4,6-7,10-11,14,25-26H2,1-2H3,(H,28,29,33)/b30-22-. The molecule has 5 N–H and O–H groups in total. The van der Waals surface area contributed by atoms with Gasteiger partial charge in [0.1, 0.15) is 17.2 Å². The first kappa shape index (κ1) is 23.6. The number of anilines is 1. The van der Waals surface area contributed by atoms with Crippen molar-refractivity contribution in [2.45, 2.75) is 58.5 Å². The van der Waals surface area contributed by atoms with Crippen LogP contribution < -0.4 is 17.0 Å². The fourth-order valence-corrected chi connectivity index (χ4v) is 4.50. The number of amidine groups is 1. The largest absolute Gasteiger partial charge is 0.338 e. The van der Waals surface area contributed by atoms with Crippen LogP contribution in [0.4, 0.5) is 5.82 Å². The van der Waals surface area contributed by atoms with Gasteiger partial charge in [0.15, 0.2) is 5.84 Å². The van der Waals surface area contributed by atoms with Crippen molar-refractivity contribution < 1.29 is 9.59 Å². The lowest BCUT2D eigenvalue weighted by atomic mass is 9.98. The van der Waals surface area contributed by atoms with Crippen molar-refractivity contribution in [1.29, 1.82) is 0 Å². The van der Waals surface area contributed by atoms with Gasteiger partial charge in [-0.3, -0.25) is 19.6 Å². The number of rotatable bonds is 5. The number of hydrazone groups is 1. The Balaban J connectivity index is 1.47. The number of amides is 2. The van der Waals surface area contributed by atoms with Crippen LogP contribution in [0.25, 0.3) is 0 Å². The highest BCUT2D eigenvalue weighted by molar-refractivity contribution is 6.03. The summed E-state index contributed by atoms with van der Waals surface area (Å²) in [6.07, 6.45) is 6.70. The summed E-state index contributed by atoms with van der Waals surface area (Å²) < 4.78 is 0. The lowest BCUT2D eigenvalue weighted by molar-refractivity contribution is -0.136. The molecular formula is C24H32N8O2. The SMILES string of the molecule is CC(C)N(N)/C(=N\N)c1cccc(NC(=O)c2cc3c(cn2)CCN(C(=O)C2CCCC2)C3)n1. The van der Waals surface area contributed by atoms with Crippen LogP contribution in [-0.4, -0.2) is 50.1 Å². The molecule has 10 nitrogen and oxygen atoms in total. The summed E-state index contributed by atoms with van der Waals surface area (Å²) in [5.41, 5.74) is 2.76. The Hall–Kier alpha value is -3.53. The molecule has 1 aliphatic heterocycles. The molecule has 180 valence electrons. The van der Waals surface area contributed by atoms with Gasteiger partial charge in [-0.05, 0) is 62.4 Å². The predicted molar refractivity (Wildman–Crippen MR) is 129 cm³/mol. The van der Waals surface area contributed by atoms with E-state index in [1.165, 1.54) is 5.01 Å². The monoisotopic (exact) mass is 464 g/mol. The van der Waals surface area contributed by atoms with Crippen molar-refractivity contribution in [3.8, 4) is 0 Å². The number of aromatic nitrogens is 2. The highest BCUT2D eigenvalue weighted by atomic mass is 16.2. The van der Waals surface area contributed by atoms with Crippen molar-refractivity contribution in [3.63, 3.8) is 0 Å². The van der Waals surface area contributed by atoms with E-state index in [1.807, 2.05) is 18.7 Å². The molecule has 10 heteroatoms. The minimum atomic E-state index is -0.383. The Labute approximate surface area is 199 Å². The third-order valence-electron chi connectivity index (χ3n) is 6.49. The van der Waals surface area contributed by atoms with Gasteiger partial charge in [0, 0.05) is 31.2 Å². The predicted octanol–water partition coefficient (Wildman–Crippen LogP) is 2.01. The Bertz CT molecular complexity index is 1090. The number of hydrogen-bond donors (Lipinski definition) is 3. The zero-order valence-corrected chi connectivity index (χ0v) is 19.7. The first-order valence-corrected chi connectivity index (χ1v) is 11.7. The van der Waals surface area contributed by atoms with E-state index in [-0.39, 0.29) is 29.5 Å². The van der Waals surface area contributed by atoms with Crippen LogP contribution in [0.1, 0.15) is 66.8 Å². The molecule has 34 heavy (non-hydrogen) atoms. The number of nitrogens with zero attached hydrogens (tertiary/aromatic N) is 5. The minimum Gasteiger partial charge on any atom is -0.338 e. The van der Waals surface area contributed by atoms with Gasteiger partial charge < -0.3 is 16.1 Å². The Morgan fingerprint density at radius 1 is 1.21 bits per heavy atom. The first-order valence-electron chi connectivity index (χ1n) is 11.7. The Morgan fingerprint density at radius 2 is 1.97 bits per heavy atom. The van der Waals surface area contributed by atoms with Crippen LogP contribution in [0.3, 0.4) is 0 Å². The van der Waals surface area contributed by atoms with Crippen molar-refractivity contribution in [2.75, 3.05) is 11.9 Å². The molecule has 1 aliphatic carbocycles. The maximum absolute atomic E-state index is 12.9. The third-order valence-corrected chi connectivity index (χ3v) is 6.49. The summed E-state index contributed by atoms with van der Waals surface area (Å²) in [4.78, 5) is 36.5. The molecule has 0 aromatic carbocycles. The first-order chi connectivity index (χ1) is 16.4. The topological polar surface area (TPSA) is 143 Å². The van der Waals surface area contributed by atoms with E-state index in [0.717, 1.165) is 43.2 Å². The van der Waals surface area contributed by atoms with Crippen LogP contribution in [0, 0.1) is 5.92 Å². The van der Waals surface area contributed by atoms with Crippen molar-refractivity contribution >= 4 is 23.5 Å². The van der Waals surface area contributed by atoms with Crippen LogP contribution in [-0.2, 0) is 17.8 Å². The molecule has 4 rings (SSSR count). The van der Waals surface area contributed by atoms with Gasteiger partial charge in [0.2, 0.25) is 5.91 Å². The number of pyridine rings is 2. The van der Waals surface area contributed by atoms with E-state index < -0.39 is 0 Å². The molecule has 0 unspecified atom stereocenters. The zero-order chi connectivity index (χ0) is 24.2. The van der Waals surface area contributed by atoms with E-state index >= 15 is 0 Å². The number of carbonyl (C=O) groups excluding carboxylic acids is 2. The van der Waals surface area contributed by atoms with E-state index in [2.05, 4.69) is 20.4 Å². The molecular weight excluding hydrogens is 432 g/mol. The zero-order valence-electron chi connectivity index (χ0n) is 19.7. The van der Waals surface area contributed by atoms with Crippen molar-refractivity contribution in [3.05, 3.63) is 53.0 Å². The van der Waals surface area contributed by atoms with E-state index in [1.54, 1.807) is 30.5 Å². The third kappa shape index (κ3) is 5.01. The molecule has 2 aromatic rings. The number of carbonyl (C=O) groups is 2. The van der Waals surface area contributed by atoms with Gasteiger partial charge in [-0.2, -0.15) is 5.10 Å². The van der Waals surface area contributed by atoms with E-state index in [0.29, 0.717) is 30.4 Å². The maximum Gasteiger partial charge on any atom is 0.275 e. The molecule has 3 heterocycles. The number of hydrogen-bond acceptors (Lipinski definition) is 7. The molecule has 0 atom stereocenters. The Morgan fingerprint density at radius 3 is 2.68 bits per heavy atom. The van der Waals surface area contributed by atoms with Gasteiger partial charge in [-0.1, -0.05) is 18.9 Å². The van der Waals surface area contributed by atoms with Gasteiger partial charge in [0.25, 0.3) is 5.91 Å². The van der Waals surface area contributed by atoms with Crippen LogP contribution >= 0.6 is 0 Å². The van der Waals surface area contributed by atoms with Crippen LogP contribution in [0.2, 0.25) is 0 Å². The number of nitrogens with two attached hydrogens (primary N) is 2. The molecule has 0 bridgehead atoms. The highest BCUT2D eigenvalue weighted by Gasteiger charge is 2.29. The summed E-state index contributed by atoms with van der Waals surface area (Å²) in [5, 5.41) is 7.95. The summed E-state index contributed by atoms with van der Waals surface area (Å²) in [6.45, 7) is 5.02. The van der Waals surface area contributed by atoms with E-state index in [4.69, 9.17) is 11.7 Å². The van der Waals surface area contributed by atoms with Crippen LogP contribution in [0.5, 0.6) is 0 Å². The summed E-state index contributed by atoms with van der Waals surface area (Å²) >= 11 is 0. The number of hydrazine groups is 1. The van der Waals surface area contributed by atoms with Gasteiger partial charge in [-0.25, -0.2) is 10.8 Å². The Kier molecular flexibility index (Phi) is 7.06. The normalized spacial score (nSPS) is 16.5. The second-order valence-corrected chi connectivity index (χ2v) is 9.15. The molecule has 2 amide bonds. The molecule has 2 aliphatic rings. The molecule has 0 spiro atoms. The van der Waals surface area contributed by atoms with Crippen molar-refractivity contribution in [1.82, 2.24) is 19.9 Å². The lowest BCUT2D eigenvalue weighted by Crippen LogP contribution is -2.44. The molecule has 1 fully saturated rings. The average Bonchev–Trinajstić information content (AvgIpc) is 3.38. The van der Waals surface area contributed by atoms with Gasteiger partial charge in [0.05, 0.1) is 0 Å². The lowest BCUT2D eigenvalue weighted by Gasteiger charge is -2.31. The number of fused-ring (bicyclic) bond motifs is 1. The quantitative estimate of drug-likeness (QED) is 0.266. The highest BCUT2D eigenvalue weighted by Crippen LogP contribution is 2.29. The number of nitrogens with one attached hydrogen (secondary N) is 1. The summed E-state index contributed by atoms with van der Waals surface area (Å²) in [5.74, 6) is 12.2. The van der Waals surface area contributed by atoms with Gasteiger partial charge >= 0.3 is 0 Å². The average molecular weight is 465 g/mol.